The smallest absolute Gasteiger partial charge is 0.274 e. The van der Waals surface area contributed by atoms with Crippen molar-refractivity contribution in [2.75, 3.05) is 50.1 Å². The Morgan fingerprint density at radius 2 is 1.92 bits per heavy atom. The average molecular weight is 340 g/mol. The minimum absolute atomic E-state index is 0.239. The van der Waals surface area contributed by atoms with Gasteiger partial charge in [0.15, 0.2) is 0 Å². The highest BCUT2D eigenvalue weighted by atomic mass is 16.5. The summed E-state index contributed by atoms with van der Waals surface area (Å²) in [6.45, 7) is 6.49. The minimum atomic E-state index is -0.239. The molecule has 0 bridgehead atoms. The zero-order valence-electron chi connectivity index (χ0n) is 14.7. The number of aromatic nitrogens is 1. The number of likely N-dealkylation sites (N-methyl/N-ethyl adjacent to an activating group) is 1. The van der Waals surface area contributed by atoms with Crippen molar-refractivity contribution in [2.45, 2.75) is 6.92 Å². The number of pyridine rings is 1. The van der Waals surface area contributed by atoms with Gasteiger partial charge in [-0.1, -0.05) is 12.1 Å². The molecule has 1 amide bonds. The molecule has 2 aromatic rings. The Kier molecular flexibility index (Phi) is 5.50. The van der Waals surface area contributed by atoms with E-state index in [2.05, 4.69) is 27.1 Å². The van der Waals surface area contributed by atoms with E-state index in [0.717, 1.165) is 31.9 Å². The van der Waals surface area contributed by atoms with Crippen molar-refractivity contribution >= 4 is 17.3 Å². The number of benzene rings is 1. The number of carbonyl (C=O) groups excluding carboxylic acids is 1. The molecular weight excluding hydrogens is 316 g/mol. The summed E-state index contributed by atoms with van der Waals surface area (Å²) in [4.78, 5) is 21.4. The van der Waals surface area contributed by atoms with Gasteiger partial charge in [0.25, 0.3) is 5.91 Å². The van der Waals surface area contributed by atoms with Crippen molar-refractivity contribution in [2.24, 2.45) is 0 Å². The third-order valence-corrected chi connectivity index (χ3v) is 4.28. The van der Waals surface area contributed by atoms with E-state index in [0.29, 0.717) is 23.7 Å². The Labute approximate surface area is 148 Å². The molecule has 1 saturated heterocycles. The number of hydrogen-bond acceptors (Lipinski definition) is 5. The third-order valence-electron chi connectivity index (χ3n) is 4.28. The quantitative estimate of drug-likeness (QED) is 0.906. The van der Waals surface area contributed by atoms with Crippen molar-refractivity contribution in [1.82, 2.24) is 9.88 Å². The summed E-state index contributed by atoms with van der Waals surface area (Å²) in [5, 5.41) is 2.87. The van der Waals surface area contributed by atoms with Crippen LogP contribution in [0.3, 0.4) is 0 Å². The summed E-state index contributed by atoms with van der Waals surface area (Å²) in [5.74, 6) is 0.421. The number of para-hydroxylation sites is 2. The zero-order valence-corrected chi connectivity index (χ0v) is 14.7. The van der Waals surface area contributed by atoms with Crippen LogP contribution in [0.4, 0.5) is 11.4 Å². The van der Waals surface area contributed by atoms with E-state index in [1.807, 2.05) is 37.3 Å². The fourth-order valence-corrected chi connectivity index (χ4v) is 2.81. The van der Waals surface area contributed by atoms with Crippen LogP contribution in [0, 0.1) is 0 Å². The van der Waals surface area contributed by atoms with Gasteiger partial charge >= 0.3 is 0 Å². The highest BCUT2D eigenvalue weighted by Gasteiger charge is 2.16. The molecule has 0 aliphatic carbocycles. The molecule has 1 aliphatic heterocycles. The molecule has 0 radical (unpaired) electrons. The largest absolute Gasteiger partial charge is 0.492 e. The van der Waals surface area contributed by atoms with Crippen LogP contribution < -0.4 is 15.0 Å². The van der Waals surface area contributed by atoms with Gasteiger partial charge in [-0.2, -0.15) is 0 Å². The number of piperazine rings is 1. The molecule has 132 valence electrons. The number of amides is 1. The summed E-state index contributed by atoms with van der Waals surface area (Å²) in [7, 11) is 2.13. The standard InChI is InChI=1S/C19H24N4O2/c1-3-25-18-7-5-4-6-16(18)21-19(24)17-9-8-15(14-20-17)23-12-10-22(2)11-13-23/h4-9,14H,3,10-13H2,1-2H3,(H,21,24). The average Bonchev–Trinajstić information content (AvgIpc) is 2.64. The highest BCUT2D eigenvalue weighted by Crippen LogP contribution is 2.24. The van der Waals surface area contributed by atoms with Crippen LogP contribution in [0.25, 0.3) is 0 Å². The Hall–Kier alpha value is -2.60. The lowest BCUT2D eigenvalue weighted by molar-refractivity contribution is 0.102. The molecule has 6 nitrogen and oxygen atoms in total. The predicted octanol–water partition coefficient (Wildman–Crippen LogP) is 2.48. The molecule has 1 aromatic carbocycles. The van der Waals surface area contributed by atoms with Gasteiger partial charge in [0.05, 0.1) is 24.2 Å². The second-order valence-electron chi connectivity index (χ2n) is 6.08. The van der Waals surface area contributed by atoms with E-state index < -0.39 is 0 Å². The fraction of sp³-hybridized carbons (Fsp3) is 0.368. The van der Waals surface area contributed by atoms with Crippen molar-refractivity contribution in [3.63, 3.8) is 0 Å². The molecule has 0 unspecified atom stereocenters. The first-order chi connectivity index (χ1) is 12.2. The molecule has 0 atom stereocenters. The first-order valence-electron chi connectivity index (χ1n) is 8.60. The fourth-order valence-electron chi connectivity index (χ4n) is 2.81. The predicted molar refractivity (Wildman–Crippen MR) is 99.5 cm³/mol. The van der Waals surface area contributed by atoms with Gasteiger partial charge in [-0.3, -0.25) is 4.79 Å². The Balaban J connectivity index is 1.67. The Morgan fingerprint density at radius 3 is 2.60 bits per heavy atom. The number of anilines is 2. The Bertz CT molecular complexity index is 710. The van der Waals surface area contributed by atoms with Gasteiger partial charge in [0, 0.05) is 26.2 Å². The molecule has 0 saturated carbocycles. The lowest BCUT2D eigenvalue weighted by atomic mass is 10.2. The number of nitrogens with one attached hydrogen (secondary N) is 1. The first kappa shape index (κ1) is 17.2. The maximum Gasteiger partial charge on any atom is 0.274 e. The van der Waals surface area contributed by atoms with Gasteiger partial charge < -0.3 is 19.9 Å². The van der Waals surface area contributed by atoms with Crippen molar-refractivity contribution in [1.29, 1.82) is 0 Å². The van der Waals surface area contributed by atoms with Crippen LogP contribution in [-0.4, -0.2) is 55.6 Å². The van der Waals surface area contributed by atoms with E-state index >= 15 is 0 Å². The van der Waals surface area contributed by atoms with E-state index in [4.69, 9.17) is 4.74 Å². The topological polar surface area (TPSA) is 57.7 Å². The molecule has 1 aromatic heterocycles. The van der Waals surface area contributed by atoms with E-state index in [1.165, 1.54) is 0 Å². The lowest BCUT2D eigenvalue weighted by Gasteiger charge is -2.33. The summed E-state index contributed by atoms with van der Waals surface area (Å²) in [6.07, 6.45) is 1.77. The molecule has 3 rings (SSSR count). The summed E-state index contributed by atoms with van der Waals surface area (Å²) < 4.78 is 5.54. The zero-order chi connectivity index (χ0) is 17.6. The van der Waals surface area contributed by atoms with Crippen LogP contribution >= 0.6 is 0 Å². The molecule has 1 aliphatic rings. The Morgan fingerprint density at radius 1 is 1.16 bits per heavy atom. The molecular formula is C19H24N4O2. The van der Waals surface area contributed by atoms with Crippen LogP contribution in [0.15, 0.2) is 42.6 Å². The highest BCUT2D eigenvalue weighted by molar-refractivity contribution is 6.03. The number of carbonyl (C=O) groups is 1. The normalized spacial score (nSPS) is 15.0. The molecule has 25 heavy (non-hydrogen) atoms. The monoisotopic (exact) mass is 340 g/mol. The molecule has 1 fully saturated rings. The molecule has 0 spiro atoms. The summed E-state index contributed by atoms with van der Waals surface area (Å²) in [6, 6.07) is 11.1. The second-order valence-corrected chi connectivity index (χ2v) is 6.08. The van der Waals surface area contributed by atoms with E-state index in [1.54, 1.807) is 12.3 Å². The summed E-state index contributed by atoms with van der Waals surface area (Å²) in [5.41, 5.74) is 2.10. The van der Waals surface area contributed by atoms with Gasteiger partial charge in [-0.15, -0.1) is 0 Å². The van der Waals surface area contributed by atoms with Crippen LogP contribution in [0.2, 0.25) is 0 Å². The SMILES string of the molecule is CCOc1ccccc1NC(=O)c1ccc(N2CCN(C)CC2)cn1. The van der Waals surface area contributed by atoms with Crippen LogP contribution in [0.1, 0.15) is 17.4 Å². The number of hydrogen-bond donors (Lipinski definition) is 1. The maximum atomic E-state index is 12.5. The number of rotatable bonds is 5. The van der Waals surface area contributed by atoms with Gasteiger partial charge in [-0.25, -0.2) is 4.98 Å². The van der Waals surface area contributed by atoms with Gasteiger partial charge in [-0.05, 0) is 38.2 Å². The lowest BCUT2D eigenvalue weighted by Crippen LogP contribution is -2.44. The maximum absolute atomic E-state index is 12.5. The number of nitrogens with zero attached hydrogens (tertiary/aromatic N) is 3. The third kappa shape index (κ3) is 4.28. The van der Waals surface area contributed by atoms with Gasteiger partial charge in [0.1, 0.15) is 11.4 Å². The summed E-state index contributed by atoms with van der Waals surface area (Å²) >= 11 is 0. The molecule has 2 heterocycles. The van der Waals surface area contributed by atoms with E-state index in [-0.39, 0.29) is 5.91 Å². The molecule has 1 N–H and O–H groups in total. The first-order valence-corrected chi connectivity index (χ1v) is 8.60. The minimum Gasteiger partial charge on any atom is -0.492 e. The van der Waals surface area contributed by atoms with Crippen molar-refractivity contribution in [3.8, 4) is 5.75 Å². The van der Waals surface area contributed by atoms with Crippen molar-refractivity contribution < 1.29 is 9.53 Å². The van der Waals surface area contributed by atoms with E-state index in [9.17, 15) is 4.79 Å². The van der Waals surface area contributed by atoms with Gasteiger partial charge in [0.2, 0.25) is 0 Å². The second kappa shape index (κ2) is 7.98. The van der Waals surface area contributed by atoms with Crippen LogP contribution in [-0.2, 0) is 0 Å². The molecule has 6 heteroatoms. The van der Waals surface area contributed by atoms with Crippen molar-refractivity contribution in [3.05, 3.63) is 48.3 Å². The number of ether oxygens (including phenoxy) is 1. The van der Waals surface area contributed by atoms with Crippen LogP contribution in [0.5, 0.6) is 5.75 Å².